The van der Waals surface area contributed by atoms with Gasteiger partial charge in [-0.3, -0.25) is 0 Å². The zero-order valence-electron chi connectivity index (χ0n) is 9.00. The van der Waals surface area contributed by atoms with Gasteiger partial charge in [0.05, 0.1) is 25.9 Å². The molecule has 5 heteroatoms. The molecule has 16 heavy (non-hydrogen) atoms. The third kappa shape index (κ3) is 2.69. The monoisotopic (exact) mass is 224 g/mol. The van der Waals surface area contributed by atoms with Crippen molar-refractivity contribution in [3.8, 4) is 5.88 Å². The van der Waals surface area contributed by atoms with Crippen LogP contribution < -0.4 is 10.5 Å². The van der Waals surface area contributed by atoms with Gasteiger partial charge in [-0.25, -0.2) is 4.98 Å². The van der Waals surface area contributed by atoms with Gasteiger partial charge in [0.25, 0.3) is 0 Å². The van der Waals surface area contributed by atoms with Crippen molar-refractivity contribution in [1.82, 2.24) is 4.98 Å². The number of pyridine rings is 1. The molecular weight excluding hydrogens is 208 g/mol. The maximum atomic E-state index is 8.89. The highest BCUT2D eigenvalue weighted by atomic mass is 16.5. The van der Waals surface area contributed by atoms with Gasteiger partial charge in [0.15, 0.2) is 0 Å². The molecule has 0 bridgehead atoms. The number of nitrogens with two attached hydrogens (primary N) is 1. The summed E-state index contributed by atoms with van der Waals surface area (Å²) in [5.41, 5.74) is 6.46. The van der Waals surface area contributed by atoms with E-state index in [4.69, 9.17) is 20.3 Å². The third-order valence-electron chi connectivity index (χ3n) is 2.56. The summed E-state index contributed by atoms with van der Waals surface area (Å²) in [7, 11) is 0. The van der Waals surface area contributed by atoms with E-state index in [1.54, 1.807) is 12.3 Å². The highest BCUT2D eigenvalue weighted by Crippen LogP contribution is 2.16. The smallest absolute Gasteiger partial charge is 0.213 e. The topological polar surface area (TPSA) is 77.6 Å². The lowest BCUT2D eigenvalue weighted by atomic mass is 10.1. The minimum Gasteiger partial charge on any atom is -0.472 e. The molecule has 2 rings (SSSR count). The van der Waals surface area contributed by atoms with Crippen molar-refractivity contribution in [2.75, 3.05) is 19.8 Å². The second-order valence-corrected chi connectivity index (χ2v) is 3.82. The van der Waals surface area contributed by atoms with Crippen LogP contribution in [0.15, 0.2) is 18.3 Å². The molecule has 2 unspecified atom stereocenters. The fraction of sp³-hybridized carbons (Fsp3) is 0.545. The number of hydrogen-bond acceptors (Lipinski definition) is 5. The first-order valence-corrected chi connectivity index (χ1v) is 5.36. The third-order valence-corrected chi connectivity index (χ3v) is 2.56. The molecular formula is C11H16N2O3. The number of rotatable bonds is 4. The first-order valence-electron chi connectivity index (χ1n) is 5.36. The summed E-state index contributed by atoms with van der Waals surface area (Å²) in [6.45, 7) is 1.29. The summed E-state index contributed by atoms with van der Waals surface area (Å²) in [5, 5.41) is 8.89. The van der Waals surface area contributed by atoms with Gasteiger partial charge >= 0.3 is 0 Å². The average molecular weight is 224 g/mol. The van der Waals surface area contributed by atoms with Crippen molar-refractivity contribution < 1.29 is 14.6 Å². The maximum absolute atomic E-state index is 8.89. The van der Waals surface area contributed by atoms with Crippen molar-refractivity contribution in [2.24, 2.45) is 5.73 Å². The highest BCUT2D eigenvalue weighted by molar-refractivity contribution is 5.20. The van der Waals surface area contributed by atoms with E-state index in [-0.39, 0.29) is 18.8 Å². The van der Waals surface area contributed by atoms with Crippen LogP contribution in [0.25, 0.3) is 0 Å². The molecule has 1 saturated heterocycles. The van der Waals surface area contributed by atoms with E-state index in [9.17, 15) is 0 Å². The number of hydrogen-bond donors (Lipinski definition) is 2. The standard InChI is InChI=1S/C11H16N2O3/c12-10(6-14)8-1-2-11(13-5-8)16-9-3-4-15-7-9/h1-2,5,9-10,14H,3-4,6-7,12H2. The van der Waals surface area contributed by atoms with E-state index in [0.717, 1.165) is 18.6 Å². The Balaban J connectivity index is 1.96. The number of ether oxygens (including phenoxy) is 2. The summed E-state index contributed by atoms with van der Waals surface area (Å²) >= 11 is 0. The summed E-state index contributed by atoms with van der Waals surface area (Å²) in [5.74, 6) is 0.574. The predicted molar refractivity (Wildman–Crippen MR) is 58.1 cm³/mol. The number of aliphatic hydroxyl groups is 1. The fourth-order valence-corrected chi connectivity index (χ4v) is 1.56. The molecule has 0 amide bonds. The van der Waals surface area contributed by atoms with Gasteiger partial charge in [-0.05, 0) is 5.56 Å². The molecule has 88 valence electrons. The van der Waals surface area contributed by atoms with Crippen LogP contribution in [0.3, 0.4) is 0 Å². The molecule has 2 atom stereocenters. The van der Waals surface area contributed by atoms with Gasteiger partial charge in [0, 0.05) is 18.7 Å². The number of aromatic nitrogens is 1. The summed E-state index contributed by atoms with van der Waals surface area (Å²) in [4.78, 5) is 4.14. The van der Waals surface area contributed by atoms with Gasteiger partial charge in [0.2, 0.25) is 5.88 Å². The van der Waals surface area contributed by atoms with E-state index < -0.39 is 0 Å². The van der Waals surface area contributed by atoms with Crippen LogP contribution in [-0.4, -0.2) is 36.0 Å². The van der Waals surface area contributed by atoms with Gasteiger partial charge in [0.1, 0.15) is 6.10 Å². The molecule has 0 saturated carbocycles. The van der Waals surface area contributed by atoms with Crippen LogP contribution in [0.1, 0.15) is 18.0 Å². The summed E-state index contributed by atoms with van der Waals surface area (Å²) in [6, 6.07) is 3.21. The molecule has 1 aliphatic rings. The second-order valence-electron chi connectivity index (χ2n) is 3.82. The van der Waals surface area contributed by atoms with Crippen LogP contribution in [0, 0.1) is 0 Å². The second kappa shape index (κ2) is 5.25. The van der Waals surface area contributed by atoms with Gasteiger partial charge in [-0.1, -0.05) is 6.07 Å². The Labute approximate surface area is 94.2 Å². The van der Waals surface area contributed by atoms with Crippen LogP contribution >= 0.6 is 0 Å². The maximum Gasteiger partial charge on any atom is 0.213 e. The Hall–Kier alpha value is -1.17. The SMILES string of the molecule is NC(CO)c1ccc(OC2CCOC2)nc1. The zero-order chi connectivity index (χ0) is 11.4. The van der Waals surface area contributed by atoms with E-state index in [1.807, 2.05) is 6.07 Å². The van der Waals surface area contributed by atoms with Crippen molar-refractivity contribution in [1.29, 1.82) is 0 Å². The fourth-order valence-electron chi connectivity index (χ4n) is 1.56. The largest absolute Gasteiger partial charge is 0.472 e. The van der Waals surface area contributed by atoms with Crippen LogP contribution in [0.4, 0.5) is 0 Å². The van der Waals surface area contributed by atoms with Gasteiger partial charge in [-0.15, -0.1) is 0 Å². The van der Waals surface area contributed by atoms with E-state index in [0.29, 0.717) is 12.5 Å². The highest BCUT2D eigenvalue weighted by Gasteiger charge is 2.17. The quantitative estimate of drug-likeness (QED) is 0.766. The van der Waals surface area contributed by atoms with Gasteiger partial charge < -0.3 is 20.3 Å². The van der Waals surface area contributed by atoms with Crippen molar-refractivity contribution in [3.63, 3.8) is 0 Å². The first kappa shape index (κ1) is 11.3. The molecule has 3 N–H and O–H groups in total. The first-order chi connectivity index (χ1) is 7.79. The molecule has 0 spiro atoms. The lowest BCUT2D eigenvalue weighted by molar-refractivity contribution is 0.138. The Morgan fingerprint density at radius 2 is 2.50 bits per heavy atom. The molecule has 0 aliphatic carbocycles. The summed E-state index contributed by atoms with van der Waals surface area (Å²) < 4.78 is 10.8. The number of nitrogens with zero attached hydrogens (tertiary/aromatic N) is 1. The van der Waals surface area contributed by atoms with E-state index >= 15 is 0 Å². The number of aliphatic hydroxyl groups excluding tert-OH is 1. The zero-order valence-corrected chi connectivity index (χ0v) is 9.00. The molecule has 1 aromatic rings. The Morgan fingerprint density at radius 1 is 1.62 bits per heavy atom. The van der Waals surface area contributed by atoms with Crippen LogP contribution in [-0.2, 0) is 4.74 Å². The predicted octanol–water partition coefficient (Wildman–Crippen LogP) is 0.241. The van der Waals surface area contributed by atoms with E-state index in [2.05, 4.69) is 4.98 Å². The molecule has 1 aromatic heterocycles. The molecule has 1 fully saturated rings. The summed E-state index contributed by atoms with van der Waals surface area (Å²) in [6.07, 6.45) is 2.64. The average Bonchev–Trinajstić information content (AvgIpc) is 2.82. The molecule has 1 aliphatic heterocycles. The normalized spacial score (nSPS) is 22.0. The lowest BCUT2D eigenvalue weighted by Gasteiger charge is -2.12. The van der Waals surface area contributed by atoms with Crippen molar-refractivity contribution >= 4 is 0 Å². The molecule has 2 heterocycles. The van der Waals surface area contributed by atoms with Gasteiger partial charge in [-0.2, -0.15) is 0 Å². The minimum atomic E-state index is -0.378. The molecule has 0 aromatic carbocycles. The Morgan fingerprint density at radius 3 is 3.06 bits per heavy atom. The Kier molecular flexibility index (Phi) is 3.71. The molecule has 0 radical (unpaired) electrons. The van der Waals surface area contributed by atoms with E-state index in [1.165, 1.54) is 0 Å². The minimum absolute atomic E-state index is 0.0850. The lowest BCUT2D eigenvalue weighted by Crippen LogP contribution is -2.17. The van der Waals surface area contributed by atoms with Crippen molar-refractivity contribution in [3.05, 3.63) is 23.9 Å². The van der Waals surface area contributed by atoms with Crippen LogP contribution in [0.5, 0.6) is 5.88 Å². The Bertz CT molecular complexity index is 323. The van der Waals surface area contributed by atoms with Crippen LogP contribution in [0.2, 0.25) is 0 Å². The molecule has 5 nitrogen and oxygen atoms in total. The van der Waals surface area contributed by atoms with Crippen molar-refractivity contribution in [2.45, 2.75) is 18.6 Å².